The highest BCUT2D eigenvalue weighted by atomic mass is 16.6. The van der Waals surface area contributed by atoms with E-state index in [0.717, 1.165) is 122 Å². The van der Waals surface area contributed by atoms with Gasteiger partial charge in [-0.15, -0.1) is 0 Å². The molecule has 0 aromatic rings. The Balaban J connectivity index is 4.29. The fourth-order valence-corrected chi connectivity index (χ4v) is 8.99. The SMILES string of the molecule is CC/C=C\C/C=C\C/C=C\C/C=C\C/C=C\C/C=C\CCCCCCCCCCCCC(=O)OCC(COC(=O)CCCCC/C=C\C/C=C\C/C=C\CC)OC(=O)CCCCCCCCCCCCCCCCCCC. The predicted molar refractivity (Wildman–Crippen MR) is 334 cm³/mol. The normalized spacial score (nSPS) is 12.8. The first-order chi connectivity index (χ1) is 38.0. The van der Waals surface area contributed by atoms with Crippen LogP contribution in [-0.2, 0) is 28.6 Å². The summed E-state index contributed by atoms with van der Waals surface area (Å²) in [5.74, 6) is -0.912. The summed E-state index contributed by atoms with van der Waals surface area (Å²) in [6.45, 7) is 6.41. The third-order valence-corrected chi connectivity index (χ3v) is 13.8. The first kappa shape index (κ1) is 73.1. The molecule has 0 saturated carbocycles. The van der Waals surface area contributed by atoms with Crippen LogP contribution >= 0.6 is 0 Å². The van der Waals surface area contributed by atoms with E-state index in [-0.39, 0.29) is 31.1 Å². The van der Waals surface area contributed by atoms with Crippen LogP contribution in [0.15, 0.2) is 109 Å². The van der Waals surface area contributed by atoms with E-state index in [1.54, 1.807) is 0 Å². The van der Waals surface area contributed by atoms with Crippen LogP contribution in [0.2, 0.25) is 0 Å². The van der Waals surface area contributed by atoms with Crippen LogP contribution in [0.5, 0.6) is 0 Å². The summed E-state index contributed by atoms with van der Waals surface area (Å²) in [6, 6.07) is 0. The van der Waals surface area contributed by atoms with E-state index < -0.39 is 6.10 Å². The topological polar surface area (TPSA) is 78.9 Å². The van der Waals surface area contributed by atoms with Gasteiger partial charge < -0.3 is 14.2 Å². The predicted octanol–water partition coefficient (Wildman–Crippen LogP) is 22.2. The monoisotopic (exact) mass is 1070 g/mol. The van der Waals surface area contributed by atoms with Crippen molar-refractivity contribution in [1.82, 2.24) is 0 Å². The summed E-state index contributed by atoms with van der Waals surface area (Å²) in [5, 5.41) is 0. The lowest BCUT2D eigenvalue weighted by atomic mass is 10.0. The number of unbranched alkanes of at least 4 members (excludes halogenated alkanes) is 29. The molecule has 0 aromatic heterocycles. The number of carbonyl (C=O) groups excluding carboxylic acids is 3. The Bertz CT molecular complexity index is 1560. The van der Waals surface area contributed by atoms with Gasteiger partial charge in [0, 0.05) is 19.3 Å². The molecule has 6 nitrogen and oxygen atoms in total. The fraction of sp³-hybridized carbons (Fsp3) is 0.704. The molecule has 0 aliphatic heterocycles. The van der Waals surface area contributed by atoms with Gasteiger partial charge in [-0.2, -0.15) is 0 Å². The number of esters is 3. The quantitative estimate of drug-likeness (QED) is 0.0261. The Morgan fingerprint density at radius 2 is 0.506 bits per heavy atom. The van der Waals surface area contributed by atoms with Crippen molar-refractivity contribution in [2.75, 3.05) is 13.2 Å². The van der Waals surface area contributed by atoms with Crippen LogP contribution in [0, 0.1) is 0 Å². The smallest absolute Gasteiger partial charge is 0.306 e. The molecule has 0 aromatic carbocycles. The van der Waals surface area contributed by atoms with Gasteiger partial charge >= 0.3 is 17.9 Å². The highest BCUT2D eigenvalue weighted by Gasteiger charge is 2.19. The van der Waals surface area contributed by atoms with Crippen LogP contribution in [0.4, 0.5) is 0 Å². The molecule has 440 valence electrons. The Morgan fingerprint density at radius 3 is 0.805 bits per heavy atom. The van der Waals surface area contributed by atoms with Crippen molar-refractivity contribution in [3.05, 3.63) is 109 Å². The Morgan fingerprint density at radius 1 is 0.273 bits per heavy atom. The van der Waals surface area contributed by atoms with Crippen LogP contribution in [-0.4, -0.2) is 37.2 Å². The molecule has 1 atom stereocenters. The number of allylic oxidation sites excluding steroid dienone is 18. The molecule has 0 fully saturated rings. The zero-order valence-electron chi connectivity index (χ0n) is 50.4. The van der Waals surface area contributed by atoms with Crippen molar-refractivity contribution < 1.29 is 28.6 Å². The molecule has 0 aliphatic carbocycles. The molecular formula is C71H120O6. The molecule has 0 heterocycles. The molecular weight excluding hydrogens is 949 g/mol. The third-order valence-electron chi connectivity index (χ3n) is 13.8. The van der Waals surface area contributed by atoms with Crippen molar-refractivity contribution in [3.63, 3.8) is 0 Å². The minimum absolute atomic E-state index is 0.0880. The van der Waals surface area contributed by atoms with Gasteiger partial charge in [0.15, 0.2) is 6.10 Å². The number of hydrogen-bond donors (Lipinski definition) is 0. The molecule has 0 radical (unpaired) electrons. The van der Waals surface area contributed by atoms with Crippen molar-refractivity contribution in [1.29, 1.82) is 0 Å². The second kappa shape index (κ2) is 64.6. The molecule has 0 spiro atoms. The molecule has 0 saturated heterocycles. The van der Waals surface area contributed by atoms with Gasteiger partial charge in [-0.05, 0) is 103 Å². The van der Waals surface area contributed by atoms with Crippen molar-refractivity contribution >= 4 is 17.9 Å². The standard InChI is InChI=1S/C71H120O6/c1-4-7-10-13-16-19-22-25-27-29-30-31-32-33-34-35-36-37-38-39-40-42-43-46-49-52-55-58-61-64-70(73)76-67-68(66-75-69(72)63-60-57-54-51-48-45-24-21-18-15-12-9-6-3)77-71(74)65-62-59-56-53-50-47-44-41-28-26-23-20-17-14-11-8-5-2/h7,9-10,12,16,18-19,21,25,27,30-31,33-34,36-37,45,48,68H,4-6,8,11,13-15,17,20,22-24,26,28-29,32,35,38-44,46-47,49-67H2,1-3H3/b10-7-,12-9-,19-16-,21-18-,27-25-,31-30-,34-33-,37-36-,48-45-. The fourth-order valence-electron chi connectivity index (χ4n) is 8.99. The van der Waals surface area contributed by atoms with E-state index in [0.29, 0.717) is 19.3 Å². The summed E-state index contributed by atoms with van der Waals surface area (Å²) >= 11 is 0. The molecule has 0 aliphatic rings. The van der Waals surface area contributed by atoms with E-state index in [4.69, 9.17) is 14.2 Å². The lowest BCUT2D eigenvalue weighted by molar-refractivity contribution is -0.167. The van der Waals surface area contributed by atoms with Gasteiger partial charge in [0.2, 0.25) is 0 Å². The van der Waals surface area contributed by atoms with E-state index in [1.165, 1.54) is 141 Å². The number of rotatable bonds is 58. The van der Waals surface area contributed by atoms with Crippen molar-refractivity contribution in [2.24, 2.45) is 0 Å². The molecule has 77 heavy (non-hydrogen) atoms. The summed E-state index contributed by atoms with van der Waals surface area (Å²) in [5.41, 5.74) is 0. The van der Waals surface area contributed by atoms with Crippen LogP contribution in [0.3, 0.4) is 0 Å². The zero-order valence-corrected chi connectivity index (χ0v) is 50.4. The first-order valence-corrected chi connectivity index (χ1v) is 32.4. The molecule has 1 unspecified atom stereocenters. The van der Waals surface area contributed by atoms with E-state index in [2.05, 4.69) is 130 Å². The van der Waals surface area contributed by atoms with Gasteiger partial charge in [-0.25, -0.2) is 0 Å². The van der Waals surface area contributed by atoms with E-state index >= 15 is 0 Å². The van der Waals surface area contributed by atoms with E-state index in [1.807, 2.05) is 0 Å². The van der Waals surface area contributed by atoms with Crippen LogP contribution in [0.25, 0.3) is 0 Å². The van der Waals surface area contributed by atoms with Gasteiger partial charge in [0.05, 0.1) is 0 Å². The maximum absolute atomic E-state index is 12.9. The molecule has 0 bridgehead atoms. The highest BCUT2D eigenvalue weighted by molar-refractivity contribution is 5.71. The Hall–Kier alpha value is -3.93. The third kappa shape index (κ3) is 62.8. The summed E-state index contributed by atoms with van der Waals surface area (Å²) in [7, 11) is 0. The van der Waals surface area contributed by atoms with Crippen molar-refractivity contribution in [3.8, 4) is 0 Å². The summed E-state index contributed by atoms with van der Waals surface area (Å²) in [4.78, 5) is 38.3. The molecule has 0 rings (SSSR count). The average Bonchev–Trinajstić information content (AvgIpc) is 3.43. The van der Waals surface area contributed by atoms with Crippen LogP contribution < -0.4 is 0 Å². The zero-order chi connectivity index (χ0) is 55.7. The number of hydrogen-bond acceptors (Lipinski definition) is 6. The van der Waals surface area contributed by atoms with Gasteiger partial charge in [0.25, 0.3) is 0 Å². The summed E-state index contributed by atoms with van der Waals surface area (Å²) in [6.07, 6.45) is 88.2. The second-order valence-corrected chi connectivity index (χ2v) is 21.3. The number of carbonyl (C=O) groups is 3. The first-order valence-electron chi connectivity index (χ1n) is 32.4. The maximum atomic E-state index is 12.9. The minimum Gasteiger partial charge on any atom is -0.462 e. The maximum Gasteiger partial charge on any atom is 0.306 e. The largest absolute Gasteiger partial charge is 0.462 e. The van der Waals surface area contributed by atoms with Gasteiger partial charge in [-0.1, -0.05) is 291 Å². The Kier molecular flexibility index (Phi) is 61.3. The Labute approximate surface area is 476 Å². The molecule has 6 heteroatoms. The second-order valence-electron chi connectivity index (χ2n) is 21.3. The lowest BCUT2D eigenvalue weighted by Crippen LogP contribution is -2.30. The highest BCUT2D eigenvalue weighted by Crippen LogP contribution is 2.17. The lowest BCUT2D eigenvalue weighted by Gasteiger charge is -2.18. The molecule has 0 amide bonds. The molecule has 0 N–H and O–H groups in total. The van der Waals surface area contributed by atoms with Gasteiger partial charge in [0.1, 0.15) is 13.2 Å². The van der Waals surface area contributed by atoms with Gasteiger partial charge in [-0.3, -0.25) is 14.4 Å². The van der Waals surface area contributed by atoms with Crippen molar-refractivity contribution in [2.45, 2.75) is 309 Å². The average molecular weight is 1070 g/mol. The minimum atomic E-state index is -0.792. The number of ether oxygens (including phenoxy) is 3. The van der Waals surface area contributed by atoms with Crippen LogP contribution in [0.1, 0.15) is 303 Å². The summed E-state index contributed by atoms with van der Waals surface area (Å²) < 4.78 is 16.9. The van der Waals surface area contributed by atoms with E-state index in [9.17, 15) is 14.4 Å².